The van der Waals surface area contributed by atoms with E-state index < -0.39 is 4.92 Å². The molecule has 0 bridgehead atoms. The van der Waals surface area contributed by atoms with Crippen molar-refractivity contribution in [1.29, 1.82) is 0 Å². The van der Waals surface area contributed by atoms with Gasteiger partial charge in [0.15, 0.2) is 0 Å². The molecule has 0 unspecified atom stereocenters. The highest BCUT2D eigenvalue weighted by Gasteiger charge is 2.26. The third-order valence-electron chi connectivity index (χ3n) is 4.38. The first kappa shape index (κ1) is 17.4. The van der Waals surface area contributed by atoms with E-state index in [0.29, 0.717) is 24.9 Å². The molecule has 2 aromatic carbocycles. The molecule has 1 saturated carbocycles. The fraction of sp³-hybridized carbons (Fsp3) is 0.368. The van der Waals surface area contributed by atoms with Gasteiger partial charge in [-0.3, -0.25) is 10.1 Å². The lowest BCUT2D eigenvalue weighted by Gasteiger charge is -2.14. The summed E-state index contributed by atoms with van der Waals surface area (Å²) >= 11 is 0. The summed E-state index contributed by atoms with van der Waals surface area (Å²) < 4.78 is 24.7. The van der Waals surface area contributed by atoms with Crippen molar-refractivity contribution in [3.63, 3.8) is 0 Å². The van der Waals surface area contributed by atoms with Gasteiger partial charge in [0.1, 0.15) is 11.6 Å². The largest absolute Gasteiger partial charge is 0.493 e. The van der Waals surface area contributed by atoms with E-state index in [-0.39, 0.29) is 17.6 Å². The van der Waals surface area contributed by atoms with Gasteiger partial charge in [-0.25, -0.2) is 4.39 Å². The van der Waals surface area contributed by atoms with Crippen LogP contribution in [0.5, 0.6) is 5.75 Å². The normalized spacial score (nSPS) is 19.7. The molecule has 5 nitrogen and oxygen atoms in total. The number of halogens is 1. The predicted molar refractivity (Wildman–Crippen MR) is 90.9 cm³/mol. The SMILES string of the molecule is O=[N+]([O-])c1cccc(OC[C@H]2CC[C@H](OCc3cccc(F)c3)C2)c1. The lowest BCUT2D eigenvalue weighted by atomic mass is 10.1. The zero-order chi connectivity index (χ0) is 17.6. The molecule has 0 N–H and O–H groups in total. The smallest absolute Gasteiger partial charge is 0.273 e. The summed E-state index contributed by atoms with van der Waals surface area (Å²) in [6.45, 7) is 0.919. The summed E-state index contributed by atoms with van der Waals surface area (Å²) in [5, 5.41) is 10.8. The summed E-state index contributed by atoms with van der Waals surface area (Å²) in [7, 11) is 0. The van der Waals surface area contributed by atoms with Crippen molar-refractivity contribution in [2.75, 3.05) is 6.61 Å². The van der Waals surface area contributed by atoms with Crippen LogP contribution in [-0.4, -0.2) is 17.6 Å². The minimum atomic E-state index is -0.432. The molecule has 3 rings (SSSR count). The molecule has 2 aromatic rings. The summed E-state index contributed by atoms with van der Waals surface area (Å²) in [6.07, 6.45) is 2.95. The molecule has 0 heterocycles. The van der Waals surface area contributed by atoms with Crippen molar-refractivity contribution in [3.8, 4) is 5.75 Å². The van der Waals surface area contributed by atoms with Gasteiger partial charge in [-0.1, -0.05) is 18.2 Å². The Kier molecular flexibility index (Phi) is 5.60. The van der Waals surface area contributed by atoms with Crippen molar-refractivity contribution in [3.05, 3.63) is 70.0 Å². The van der Waals surface area contributed by atoms with E-state index in [1.165, 1.54) is 24.3 Å². The van der Waals surface area contributed by atoms with E-state index in [1.54, 1.807) is 18.2 Å². The first-order valence-electron chi connectivity index (χ1n) is 8.33. The minimum Gasteiger partial charge on any atom is -0.493 e. The fourth-order valence-corrected chi connectivity index (χ4v) is 3.07. The number of hydrogen-bond donors (Lipinski definition) is 0. The number of hydrogen-bond acceptors (Lipinski definition) is 4. The number of nitro groups is 1. The average Bonchev–Trinajstić information content (AvgIpc) is 3.06. The van der Waals surface area contributed by atoms with Gasteiger partial charge in [-0.2, -0.15) is 0 Å². The molecule has 1 fully saturated rings. The Balaban J connectivity index is 1.44. The molecule has 0 amide bonds. The molecule has 25 heavy (non-hydrogen) atoms. The Morgan fingerprint density at radius 2 is 2.00 bits per heavy atom. The Bertz CT molecular complexity index is 737. The highest BCUT2D eigenvalue weighted by Crippen LogP contribution is 2.29. The lowest BCUT2D eigenvalue weighted by molar-refractivity contribution is -0.384. The molecule has 0 aromatic heterocycles. The van der Waals surface area contributed by atoms with Gasteiger partial charge in [-0.15, -0.1) is 0 Å². The minimum absolute atomic E-state index is 0.0280. The maximum atomic E-state index is 13.2. The van der Waals surface area contributed by atoms with Gasteiger partial charge in [0.2, 0.25) is 0 Å². The van der Waals surface area contributed by atoms with E-state index >= 15 is 0 Å². The summed E-state index contributed by atoms with van der Waals surface area (Å²) in [5.41, 5.74) is 0.858. The van der Waals surface area contributed by atoms with E-state index in [4.69, 9.17) is 9.47 Å². The Hall–Kier alpha value is -2.47. The van der Waals surface area contributed by atoms with Crippen molar-refractivity contribution in [1.82, 2.24) is 0 Å². The second kappa shape index (κ2) is 8.07. The summed E-state index contributed by atoms with van der Waals surface area (Å²) in [6, 6.07) is 12.6. The van der Waals surface area contributed by atoms with E-state index in [2.05, 4.69) is 0 Å². The fourth-order valence-electron chi connectivity index (χ4n) is 3.07. The number of benzene rings is 2. The molecule has 0 spiro atoms. The molecule has 6 heteroatoms. The third kappa shape index (κ3) is 5.00. The quantitative estimate of drug-likeness (QED) is 0.547. The van der Waals surface area contributed by atoms with Crippen molar-refractivity contribution in [2.45, 2.75) is 32.0 Å². The Morgan fingerprint density at radius 1 is 1.16 bits per heavy atom. The van der Waals surface area contributed by atoms with E-state index in [0.717, 1.165) is 24.8 Å². The second-order valence-electron chi connectivity index (χ2n) is 6.31. The van der Waals surface area contributed by atoms with Crippen LogP contribution in [0.2, 0.25) is 0 Å². The zero-order valence-electron chi connectivity index (χ0n) is 13.8. The van der Waals surface area contributed by atoms with Crippen molar-refractivity contribution in [2.24, 2.45) is 5.92 Å². The molecule has 1 aliphatic rings. The zero-order valence-corrected chi connectivity index (χ0v) is 13.8. The molecular weight excluding hydrogens is 325 g/mol. The summed E-state index contributed by atoms with van der Waals surface area (Å²) in [4.78, 5) is 10.3. The van der Waals surface area contributed by atoms with Crippen LogP contribution in [-0.2, 0) is 11.3 Å². The maximum Gasteiger partial charge on any atom is 0.273 e. The van der Waals surface area contributed by atoms with Crippen LogP contribution >= 0.6 is 0 Å². The highest BCUT2D eigenvalue weighted by atomic mass is 19.1. The standard InChI is InChI=1S/C19H20FNO4/c20-16-4-1-3-14(9-16)12-25-19-8-7-15(10-19)13-24-18-6-2-5-17(11-18)21(22)23/h1-6,9,11,15,19H,7-8,10,12-13H2/t15-,19-/m0/s1. The predicted octanol–water partition coefficient (Wildman–Crippen LogP) is 4.50. The summed E-state index contributed by atoms with van der Waals surface area (Å²) in [5.74, 6) is 0.617. The van der Waals surface area contributed by atoms with Gasteiger partial charge in [-0.05, 0) is 48.9 Å². The van der Waals surface area contributed by atoms with Crippen LogP contribution in [0.1, 0.15) is 24.8 Å². The van der Waals surface area contributed by atoms with Gasteiger partial charge in [0.25, 0.3) is 5.69 Å². The van der Waals surface area contributed by atoms with Crippen LogP contribution in [0.25, 0.3) is 0 Å². The molecule has 0 radical (unpaired) electrons. The van der Waals surface area contributed by atoms with Gasteiger partial charge < -0.3 is 9.47 Å². The number of ether oxygens (including phenoxy) is 2. The van der Waals surface area contributed by atoms with Crippen LogP contribution in [0.15, 0.2) is 48.5 Å². The van der Waals surface area contributed by atoms with Crippen LogP contribution in [0, 0.1) is 21.8 Å². The van der Waals surface area contributed by atoms with Gasteiger partial charge >= 0.3 is 0 Å². The molecular formula is C19H20FNO4. The highest BCUT2D eigenvalue weighted by molar-refractivity contribution is 5.37. The van der Waals surface area contributed by atoms with Crippen LogP contribution < -0.4 is 4.74 Å². The molecule has 0 saturated heterocycles. The number of non-ortho nitro benzene ring substituents is 1. The van der Waals surface area contributed by atoms with Crippen LogP contribution in [0.3, 0.4) is 0 Å². The second-order valence-corrected chi connectivity index (χ2v) is 6.31. The first-order valence-corrected chi connectivity index (χ1v) is 8.33. The topological polar surface area (TPSA) is 61.6 Å². The Labute approximate surface area is 145 Å². The Morgan fingerprint density at radius 3 is 2.80 bits per heavy atom. The van der Waals surface area contributed by atoms with Gasteiger partial charge in [0, 0.05) is 6.07 Å². The van der Waals surface area contributed by atoms with E-state index in [1.807, 2.05) is 6.07 Å². The first-order chi connectivity index (χ1) is 12.1. The third-order valence-corrected chi connectivity index (χ3v) is 4.38. The molecule has 2 atom stereocenters. The van der Waals surface area contributed by atoms with E-state index in [9.17, 15) is 14.5 Å². The van der Waals surface area contributed by atoms with Crippen molar-refractivity contribution < 1.29 is 18.8 Å². The number of nitro benzene ring substituents is 1. The number of nitrogens with zero attached hydrogens (tertiary/aromatic N) is 1. The van der Waals surface area contributed by atoms with Gasteiger partial charge in [0.05, 0.1) is 30.3 Å². The molecule has 0 aliphatic heterocycles. The van der Waals surface area contributed by atoms with Crippen molar-refractivity contribution >= 4 is 5.69 Å². The maximum absolute atomic E-state index is 13.2. The number of rotatable bonds is 7. The monoisotopic (exact) mass is 345 g/mol. The average molecular weight is 345 g/mol. The molecule has 132 valence electrons. The molecule has 1 aliphatic carbocycles. The van der Waals surface area contributed by atoms with Crippen LogP contribution in [0.4, 0.5) is 10.1 Å². The lowest BCUT2D eigenvalue weighted by Crippen LogP contribution is -2.12.